The maximum Gasteiger partial charge on any atom is 2.00 e. The molecule has 0 fully saturated rings. The molecule has 4 aromatic rings. The van der Waals surface area contributed by atoms with Crippen molar-refractivity contribution in [3.63, 3.8) is 0 Å². The van der Waals surface area contributed by atoms with E-state index in [1.807, 2.05) is 0 Å². The second kappa shape index (κ2) is 17.0. The number of nitrogens with zero attached hydrogens (tertiary/aromatic N) is 4. The average molecular weight is 573 g/mol. The van der Waals surface area contributed by atoms with Crippen LogP contribution in [0, 0.1) is 0 Å². The van der Waals surface area contributed by atoms with Crippen molar-refractivity contribution in [3.8, 4) is 11.5 Å². The van der Waals surface area contributed by atoms with Gasteiger partial charge >= 0.3 is 17.1 Å². The van der Waals surface area contributed by atoms with Gasteiger partial charge in [-0.1, -0.05) is 24.3 Å². The number of aromatic nitrogens is 2. The molecule has 193 valence electrons. The third kappa shape index (κ3) is 10.2. The molecular weight excluding hydrogens is 551 g/mol. The molecule has 0 spiro atoms. The van der Waals surface area contributed by atoms with E-state index in [4.69, 9.17) is 0 Å². The Bertz CT molecular complexity index is 1250. The van der Waals surface area contributed by atoms with Gasteiger partial charge < -0.3 is 22.6 Å². The second-order valence-electron chi connectivity index (χ2n) is 6.99. The topological polar surface area (TPSA) is 149 Å². The molecule has 12 heteroatoms. The van der Waals surface area contributed by atoms with Crippen LogP contribution in [0.15, 0.2) is 108 Å². The standard InChI is InChI=1S/2C13H11N3O2.ClH.Mn/c2*17-12-4-2-1-3-11(12)9-15-16-13(18)10-5-7-14-8-6-10;;/h2*1-9,17H,(H,16,18);1H;/q;;;+2/p-1/b2*15-9+;;. The molecule has 0 bridgehead atoms. The van der Waals surface area contributed by atoms with Crippen molar-refractivity contribution >= 4 is 24.2 Å². The van der Waals surface area contributed by atoms with Gasteiger partial charge in [-0.3, -0.25) is 19.6 Å². The van der Waals surface area contributed by atoms with E-state index < -0.39 is 0 Å². The minimum absolute atomic E-state index is 0. The number of phenols is 2. The smallest absolute Gasteiger partial charge is 1.00 e. The number of para-hydroxylation sites is 2. The number of halogens is 1. The molecular formula is C26H22ClMnN6O4+. The van der Waals surface area contributed by atoms with E-state index in [1.54, 1.807) is 72.8 Å². The average Bonchev–Trinajstić information content (AvgIpc) is 2.92. The molecule has 2 amide bonds. The van der Waals surface area contributed by atoms with Gasteiger partial charge in [0.05, 0.1) is 12.4 Å². The number of carbonyl (C=O) groups excluding carboxylic acids is 2. The summed E-state index contributed by atoms with van der Waals surface area (Å²) in [5.41, 5.74) is 6.75. The number of hydrogen-bond acceptors (Lipinski definition) is 8. The maximum atomic E-state index is 11.6. The van der Waals surface area contributed by atoms with E-state index in [1.165, 1.54) is 37.2 Å². The Balaban J connectivity index is 0.000000361. The summed E-state index contributed by atoms with van der Waals surface area (Å²) in [7, 11) is 0. The van der Waals surface area contributed by atoms with Crippen LogP contribution in [0.2, 0.25) is 0 Å². The van der Waals surface area contributed by atoms with E-state index in [2.05, 4.69) is 31.0 Å². The molecule has 4 rings (SSSR count). The van der Waals surface area contributed by atoms with Crippen molar-refractivity contribution < 1.29 is 49.3 Å². The first-order valence-electron chi connectivity index (χ1n) is 10.6. The Hall–Kier alpha value is -4.57. The van der Waals surface area contributed by atoms with Gasteiger partial charge in [0.2, 0.25) is 0 Å². The fraction of sp³-hybridized carbons (Fsp3) is 0. The number of aromatic hydroxyl groups is 2. The van der Waals surface area contributed by atoms with Gasteiger partial charge in [-0.2, -0.15) is 10.2 Å². The first-order valence-corrected chi connectivity index (χ1v) is 10.6. The second-order valence-corrected chi connectivity index (χ2v) is 6.99. The SMILES string of the molecule is O=C(N/N=C/c1ccccc1O)c1ccncc1.O=C(N/N=C/c1ccccc1O)c1ccncc1.[Cl-].[Mn+2]. The summed E-state index contributed by atoms with van der Waals surface area (Å²) in [6.45, 7) is 0. The fourth-order valence-corrected chi connectivity index (χ4v) is 2.65. The molecule has 0 unspecified atom stereocenters. The summed E-state index contributed by atoms with van der Waals surface area (Å²) in [4.78, 5) is 30.8. The predicted octanol–water partition coefficient (Wildman–Crippen LogP) is 0.104. The fourth-order valence-electron chi connectivity index (χ4n) is 2.65. The van der Waals surface area contributed by atoms with Crippen LogP contribution in [0.25, 0.3) is 0 Å². The number of hydrogen-bond donors (Lipinski definition) is 4. The monoisotopic (exact) mass is 572 g/mol. The third-order valence-electron chi connectivity index (χ3n) is 4.50. The van der Waals surface area contributed by atoms with Crippen LogP contribution in [-0.2, 0) is 17.1 Å². The van der Waals surface area contributed by atoms with Crippen LogP contribution in [-0.4, -0.2) is 44.4 Å². The maximum absolute atomic E-state index is 11.6. The Morgan fingerprint density at radius 3 is 1.32 bits per heavy atom. The molecule has 4 N–H and O–H groups in total. The zero-order valence-electron chi connectivity index (χ0n) is 19.6. The van der Waals surface area contributed by atoms with Crippen molar-refractivity contribution in [2.45, 2.75) is 0 Å². The molecule has 0 aliphatic rings. The van der Waals surface area contributed by atoms with Gasteiger partial charge in [-0.15, -0.1) is 0 Å². The molecule has 2 heterocycles. The van der Waals surface area contributed by atoms with Crippen LogP contribution in [0.4, 0.5) is 0 Å². The van der Waals surface area contributed by atoms with E-state index in [0.29, 0.717) is 22.3 Å². The molecule has 2 aromatic heterocycles. The number of benzene rings is 2. The first-order chi connectivity index (χ1) is 17.5. The Kier molecular flexibility index (Phi) is 14.1. The summed E-state index contributed by atoms with van der Waals surface area (Å²) in [6, 6.07) is 19.8. The van der Waals surface area contributed by atoms with Crippen LogP contribution in [0.1, 0.15) is 31.8 Å². The largest absolute Gasteiger partial charge is 2.00 e. The van der Waals surface area contributed by atoms with Crippen LogP contribution in [0.3, 0.4) is 0 Å². The Labute approximate surface area is 235 Å². The number of hydrazone groups is 2. The third-order valence-corrected chi connectivity index (χ3v) is 4.50. The zero-order chi connectivity index (χ0) is 25.6. The summed E-state index contributed by atoms with van der Waals surface area (Å²) in [5.74, 6) is -0.438. The Morgan fingerprint density at radius 1 is 0.632 bits per heavy atom. The minimum Gasteiger partial charge on any atom is -1.00 e. The first kappa shape index (κ1) is 31.5. The zero-order valence-corrected chi connectivity index (χ0v) is 21.6. The molecule has 0 saturated carbocycles. The number of amides is 2. The van der Waals surface area contributed by atoms with Gasteiger partial charge in [0, 0.05) is 47.0 Å². The number of pyridine rings is 2. The summed E-state index contributed by atoms with van der Waals surface area (Å²) >= 11 is 0. The quantitative estimate of drug-likeness (QED) is 0.146. The van der Waals surface area contributed by atoms with E-state index in [9.17, 15) is 19.8 Å². The van der Waals surface area contributed by atoms with E-state index >= 15 is 0 Å². The van der Waals surface area contributed by atoms with Crippen molar-refractivity contribution in [3.05, 3.63) is 120 Å². The molecule has 10 nitrogen and oxygen atoms in total. The minimum atomic E-state index is -0.330. The molecule has 0 aliphatic heterocycles. The van der Waals surface area contributed by atoms with Gasteiger partial charge in [0.25, 0.3) is 11.8 Å². The molecule has 38 heavy (non-hydrogen) atoms. The molecule has 0 atom stereocenters. The normalized spacial score (nSPS) is 9.89. The number of carbonyl (C=O) groups is 2. The Morgan fingerprint density at radius 2 is 0.974 bits per heavy atom. The van der Waals surface area contributed by atoms with E-state index in [-0.39, 0.29) is 52.8 Å². The molecule has 0 saturated heterocycles. The van der Waals surface area contributed by atoms with Crippen LogP contribution >= 0.6 is 0 Å². The predicted molar refractivity (Wildman–Crippen MR) is 135 cm³/mol. The molecule has 2 aromatic carbocycles. The van der Waals surface area contributed by atoms with Gasteiger partial charge in [-0.25, -0.2) is 10.9 Å². The van der Waals surface area contributed by atoms with Crippen LogP contribution < -0.4 is 23.3 Å². The van der Waals surface area contributed by atoms with Crippen molar-refractivity contribution in [1.29, 1.82) is 0 Å². The number of rotatable bonds is 6. The van der Waals surface area contributed by atoms with Gasteiger partial charge in [-0.05, 0) is 48.5 Å². The van der Waals surface area contributed by atoms with Crippen molar-refractivity contribution in [2.24, 2.45) is 10.2 Å². The number of nitrogens with one attached hydrogen (secondary N) is 2. The molecule has 1 radical (unpaired) electrons. The molecule has 0 aliphatic carbocycles. The van der Waals surface area contributed by atoms with Gasteiger partial charge in [0.15, 0.2) is 0 Å². The summed E-state index contributed by atoms with van der Waals surface area (Å²) in [5, 5.41) is 26.5. The number of phenolic OH excluding ortho intramolecular Hbond substituents is 2. The van der Waals surface area contributed by atoms with Gasteiger partial charge in [0.1, 0.15) is 11.5 Å². The van der Waals surface area contributed by atoms with Crippen molar-refractivity contribution in [2.75, 3.05) is 0 Å². The van der Waals surface area contributed by atoms with E-state index in [0.717, 1.165) is 0 Å². The summed E-state index contributed by atoms with van der Waals surface area (Å²) in [6.07, 6.45) is 8.88. The van der Waals surface area contributed by atoms with Crippen LogP contribution in [0.5, 0.6) is 11.5 Å². The summed E-state index contributed by atoms with van der Waals surface area (Å²) < 4.78 is 0. The van der Waals surface area contributed by atoms with Crippen molar-refractivity contribution in [1.82, 2.24) is 20.8 Å².